The van der Waals surface area contributed by atoms with Gasteiger partial charge in [0.25, 0.3) is 5.91 Å². The molecule has 1 saturated heterocycles. The minimum absolute atomic E-state index is 0.00299. The van der Waals surface area contributed by atoms with Crippen molar-refractivity contribution in [2.45, 2.75) is 54.8 Å². The first kappa shape index (κ1) is 22.2. The summed E-state index contributed by atoms with van der Waals surface area (Å²) in [6, 6.07) is 6.09. The number of sulfone groups is 1. The molecule has 1 aliphatic heterocycles. The quantitative estimate of drug-likeness (QED) is 0.468. The number of hydrogen-bond acceptors (Lipinski definition) is 9. The third-order valence-corrected chi connectivity index (χ3v) is 9.14. The molecule has 5 rings (SSSR count). The summed E-state index contributed by atoms with van der Waals surface area (Å²) in [4.78, 5) is 36.0. The van der Waals surface area contributed by atoms with Crippen molar-refractivity contribution in [1.29, 1.82) is 0 Å². The molecule has 11 heteroatoms. The van der Waals surface area contributed by atoms with Crippen LogP contribution in [0.3, 0.4) is 0 Å². The van der Waals surface area contributed by atoms with Crippen molar-refractivity contribution in [1.82, 2.24) is 4.98 Å². The number of ether oxygens (including phenoxy) is 1. The Kier molecular flexibility index (Phi) is 6.02. The predicted octanol–water partition coefficient (Wildman–Crippen LogP) is 2.75. The zero-order valence-electron chi connectivity index (χ0n) is 17.8. The van der Waals surface area contributed by atoms with Gasteiger partial charge in [-0.2, -0.15) is 0 Å². The minimum atomic E-state index is -3.34. The van der Waals surface area contributed by atoms with E-state index in [9.17, 15) is 18.0 Å². The van der Waals surface area contributed by atoms with E-state index in [-0.39, 0.29) is 27.7 Å². The van der Waals surface area contributed by atoms with Crippen molar-refractivity contribution >= 4 is 43.7 Å². The Labute approximate surface area is 195 Å². The van der Waals surface area contributed by atoms with Crippen molar-refractivity contribution in [2.75, 3.05) is 18.5 Å². The van der Waals surface area contributed by atoms with Gasteiger partial charge in [0.05, 0.1) is 33.9 Å². The van der Waals surface area contributed by atoms with Crippen LogP contribution in [0.5, 0.6) is 0 Å². The molecule has 1 atom stereocenters. The molecular weight excluding hydrogens is 466 g/mol. The van der Waals surface area contributed by atoms with Gasteiger partial charge < -0.3 is 9.57 Å². The van der Waals surface area contributed by atoms with Crippen LogP contribution in [-0.2, 0) is 30.6 Å². The number of anilines is 1. The molecular formula is C22H23N3O6S2. The van der Waals surface area contributed by atoms with Gasteiger partial charge in [-0.3, -0.25) is 14.9 Å². The lowest BCUT2D eigenvalue weighted by Gasteiger charge is -2.10. The predicted molar refractivity (Wildman–Crippen MR) is 122 cm³/mol. The summed E-state index contributed by atoms with van der Waals surface area (Å²) in [7, 11) is -3.34. The van der Waals surface area contributed by atoms with Gasteiger partial charge in [-0.05, 0) is 37.8 Å². The van der Waals surface area contributed by atoms with Gasteiger partial charge in [0.1, 0.15) is 0 Å². The summed E-state index contributed by atoms with van der Waals surface area (Å²) in [6.45, 7) is 0.951. The molecule has 0 unspecified atom stereocenters. The Morgan fingerprint density at radius 2 is 1.97 bits per heavy atom. The second-order valence-electron chi connectivity index (χ2n) is 8.33. The lowest BCUT2D eigenvalue weighted by molar-refractivity contribution is -0.110. The van der Waals surface area contributed by atoms with Crippen molar-refractivity contribution in [3.8, 4) is 0 Å². The molecule has 1 saturated carbocycles. The number of carbonyl (C=O) groups is 2. The highest BCUT2D eigenvalue weighted by atomic mass is 32.2. The second kappa shape index (κ2) is 8.96. The van der Waals surface area contributed by atoms with Crippen LogP contribution in [0.1, 0.15) is 53.0 Å². The van der Waals surface area contributed by atoms with Crippen LogP contribution >= 0.6 is 11.3 Å². The summed E-state index contributed by atoms with van der Waals surface area (Å²) in [5.74, 6) is -0.509. The average molecular weight is 490 g/mol. The van der Waals surface area contributed by atoms with Gasteiger partial charge >= 0.3 is 0 Å². The highest BCUT2D eigenvalue weighted by Crippen LogP contribution is 2.33. The third-order valence-electron chi connectivity index (χ3n) is 5.80. The summed E-state index contributed by atoms with van der Waals surface area (Å²) in [5.41, 5.74) is 1.12. The van der Waals surface area contributed by atoms with Crippen molar-refractivity contribution in [3.05, 3.63) is 40.4 Å². The molecule has 0 spiro atoms. The maximum Gasteiger partial charge on any atom is 0.280 e. The van der Waals surface area contributed by atoms with Gasteiger partial charge in [0.2, 0.25) is 0 Å². The third kappa shape index (κ3) is 4.71. The number of carbonyl (C=O) groups excluding carboxylic acids is 2. The number of nitrogens with zero attached hydrogens (tertiary/aromatic N) is 2. The Hall–Kier alpha value is -2.63. The van der Waals surface area contributed by atoms with Crippen LogP contribution in [-0.4, -0.2) is 55.4 Å². The average Bonchev–Trinajstić information content (AvgIpc) is 3.39. The fourth-order valence-electron chi connectivity index (χ4n) is 3.80. The molecule has 9 nitrogen and oxygen atoms in total. The number of ketones is 1. The minimum Gasteiger partial charge on any atom is -0.389 e. The fraction of sp³-hybridized carbons (Fsp3) is 0.455. The van der Waals surface area contributed by atoms with E-state index in [0.717, 1.165) is 17.8 Å². The lowest BCUT2D eigenvalue weighted by Crippen LogP contribution is -2.25. The van der Waals surface area contributed by atoms with E-state index in [1.54, 1.807) is 12.1 Å². The van der Waals surface area contributed by atoms with Crippen molar-refractivity contribution in [2.24, 2.45) is 5.16 Å². The maximum absolute atomic E-state index is 13.1. The Bertz CT molecular complexity index is 1210. The summed E-state index contributed by atoms with van der Waals surface area (Å²) >= 11 is 1.16. The van der Waals surface area contributed by atoms with E-state index < -0.39 is 15.7 Å². The highest BCUT2D eigenvalue weighted by Gasteiger charge is 2.37. The first-order valence-electron chi connectivity index (χ1n) is 10.9. The maximum atomic E-state index is 13.1. The molecule has 174 valence electrons. The molecule has 1 N–H and O–H groups in total. The lowest BCUT2D eigenvalue weighted by atomic mass is 10.0. The molecule has 2 heterocycles. The topological polar surface area (TPSA) is 124 Å². The molecule has 2 aromatic rings. The number of amides is 1. The van der Waals surface area contributed by atoms with Gasteiger partial charge in [-0.25, -0.2) is 13.4 Å². The van der Waals surface area contributed by atoms with Crippen molar-refractivity contribution < 1.29 is 27.6 Å². The summed E-state index contributed by atoms with van der Waals surface area (Å²) < 4.78 is 30.3. The van der Waals surface area contributed by atoms with Crippen LogP contribution in [0.2, 0.25) is 0 Å². The molecule has 33 heavy (non-hydrogen) atoms. The second-order valence-corrected chi connectivity index (χ2v) is 11.6. The Balaban J connectivity index is 1.40. The van der Waals surface area contributed by atoms with Gasteiger partial charge in [0, 0.05) is 18.4 Å². The molecule has 1 aromatic carbocycles. The standard InChI is InChI=1S/C22H23N3O6S2/c26-18-3-1-2-17-20(18)32-22(23-17)24-21(27)19(25-31-14-10-11-30-12-14)13-4-6-15(7-5-13)33(28,29)16-8-9-16/h4-7,14,16H,1-3,8-12H2,(H,23,24,27)/t14-/m1/s1. The molecule has 1 aromatic heterocycles. The number of aromatic nitrogens is 1. The summed E-state index contributed by atoms with van der Waals surface area (Å²) in [5, 5.41) is 6.82. The van der Waals surface area contributed by atoms with Gasteiger partial charge in [0.15, 0.2) is 32.6 Å². The van der Waals surface area contributed by atoms with E-state index in [1.807, 2.05) is 0 Å². The SMILES string of the molecule is O=C(Nc1nc2c(s1)C(=O)CCC2)C(=NO[C@@H]1CCOC1)c1ccc(S(=O)(=O)C2CC2)cc1. The van der Waals surface area contributed by atoms with Crippen LogP contribution in [0, 0.1) is 0 Å². The first-order valence-corrected chi connectivity index (χ1v) is 13.3. The number of benzene rings is 1. The summed E-state index contributed by atoms with van der Waals surface area (Å²) in [6.07, 6.45) is 3.71. The molecule has 2 aliphatic carbocycles. The Morgan fingerprint density at radius 3 is 2.64 bits per heavy atom. The number of nitrogens with one attached hydrogen (secondary N) is 1. The van der Waals surface area contributed by atoms with Crippen molar-refractivity contribution in [3.63, 3.8) is 0 Å². The zero-order chi connectivity index (χ0) is 23.0. The Morgan fingerprint density at radius 1 is 1.18 bits per heavy atom. The smallest absolute Gasteiger partial charge is 0.280 e. The number of fused-ring (bicyclic) bond motifs is 1. The molecule has 1 amide bonds. The molecule has 0 bridgehead atoms. The number of Topliss-reactive ketones (excluding diaryl/α,β-unsaturated/α-hetero) is 1. The van der Waals surface area contributed by atoms with Crippen LogP contribution in [0.4, 0.5) is 5.13 Å². The number of aryl methyl sites for hydroxylation is 1. The van der Waals surface area contributed by atoms with E-state index >= 15 is 0 Å². The van der Waals surface area contributed by atoms with E-state index in [2.05, 4.69) is 15.5 Å². The van der Waals surface area contributed by atoms with Gasteiger partial charge in [-0.15, -0.1) is 0 Å². The van der Waals surface area contributed by atoms with Crippen LogP contribution < -0.4 is 5.32 Å². The fourth-order valence-corrected chi connectivity index (χ4v) is 6.43. The normalized spacial score (nSPS) is 21.0. The van der Waals surface area contributed by atoms with Crippen LogP contribution in [0.15, 0.2) is 34.3 Å². The molecule has 2 fully saturated rings. The number of rotatable bonds is 7. The molecule has 0 radical (unpaired) electrons. The van der Waals surface area contributed by atoms with Gasteiger partial charge in [-0.1, -0.05) is 28.6 Å². The zero-order valence-corrected chi connectivity index (χ0v) is 19.4. The number of oxime groups is 1. The van der Waals surface area contributed by atoms with Crippen LogP contribution in [0.25, 0.3) is 0 Å². The monoisotopic (exact) mass is 489 g/mol. The highest BCUT2D eigenvalue weighted by molar-refractivity contribution is 7.92. The van der Waals surface area contributed by atoms with E-state index in [4.69, 9.17) is 9.57 Å². The van der Waals surface area contributed by atoms with E-state index in [1.165, 1.54) is 12.1 Å². The number of thiazole rings is 1. The molecule has 3 aliphatic rings. The number of hydrogen-bond donors (Lipinski definition) is 1. The van der Waals surface area contributed by atoms with E-state index in [0.29, 0.717) is 66.6 Å². The largest absolute Gasteiger partial charge is 0.389 e. The first-order chi connectivity index (χ1) is 15.9.